The van der Waals surface area contributed by atoms with Crippen LogP contribution in [0.5, 0.6) is 11.6 Å². The van der Waals surface area contributed by atoms with E-state index in [2.05, 4.69) is 15.0 Å². The summed E-state index contributed by atoms with van der Waals surface area (Å²) in [6.45, 7) is 1.67. The molecule has 0 unspecified atom stereocenters. The number of likely N-dealkylation sites (N-methyl/N-ethyl adjacent to an activating group) is 1. The number of aryl methyl sites for hydroxylation is 1. The number of ether oxygens (including phenoxy) is 2. The molecule has 0 aliphatic carbocycles. The Hall–Kier alpha value is -3.60. The summed E-state index contributed by atoms with van der Waals surface area (Å²) in [4.78, 5) is 28.5. The van der Waals surface area contributed by atoms with Crippen molar-refractivity contribution in [3.05, 3.63) is 47.7 Å². The summed E-state index contributed by atoms with van der Waals surface area (Å²) in [5, 5.41) is 11.8. The molecule has 0 saturated heterocycles. The average molecular weight is 354 g/mol. The Kier molecular flexibility index (Phi) is 6.11. The van der Waals surface area contributed by atoms with Gasteiger partial charge in [0.25, 0.3) is 0 Å². The second-order valence-electron chi connectivity index (χ2n) is 5.42. The van der Waals surface area contributed by atoms with Gasteiger partial charge in [0, 0.05) is 18.9 Å². The van der Waals surface area contributed by atoms with Crippen LogP contribution in [0.1, 0.15) is 11.1 Å². The summed E-state index contributed by atoms with van der Waals surface area (Å²) in [7, 11) is 2.72. The summed E-state index contributed by atoms with van der Waals surface area (Å²) in [6, 6.07) is 10.3. The molecule has 0 saturated carbocycles. The number of methoxy groups -OCH3 is 1. The molecule has 1 heterocycles. The zero-order valence-electron chi connectivity index (χ0n) is 14.6. The number of nitriles is 1. The van der Waals surface area contributed by atoms with E-state index in [1.165, 1.54) is 20.4 Å². The standard InChI is InChI=1S/C18H18N4O4/c1-12-9-14(26-17-13(10-19)5-4-8-20-17)6-7-15(12)21-16(23)11-22(2)18(24)25-3/h4-9H,11H2,1-3H3,(H,21,23). The highest BCUT2D eigenvalue weighted by molar-refractivity contribution is 5.94. The van der Waals surface area contributed by atoms with Gasteiger partial charge in [-0.15, -0.1) is 0 Å². The van der Waals surface area contributed by atoms with Crippen molar-refractivity contribution in [3.8, 4) is 17.7 Å². The van der Waals surface area contributed by atoms with E-state index < -0.39 is 6.09 Å². The van der Waals surface area contributed by atoms with Crippen molar-refractivity contribution in [2.75, 3.05) is 26.0 Å². The topological polar surface area (TPSA) is 105 Å². The van der Waals surface area contributed by atoms with Gasteiger partial charge in [-0.25, -0.2) is 9.78 Å². The number of hydrogen-bond acceptors (Lipinski definition) is 6. The highest BCUT2D eigenvalue weighted by Gasteiger charge is 2.14. The first-order chi connectivity index (χ1) is 12.4. The SMILES string of the molecule is COC(=O)N(C)CC(=O)Nc1ccc(Oc2ncccc2C#N)cc1C. The second-order valence-corrected chi connectivity index (χ2v) is 5.42. The van der Waals surface area contributed by atoms with Gasteiger partial charge in [-0.3, -0.25) is 4.79 Å². The molecule has 2 rings (SSSR count). The number of hydrogen-bond donors (Lipinski definition) is 1. The number of aromatic nitrogens is 1. The maximum absolute atomic E-state index is 12.0. The quantitative estimate of drug-likeness (QED) is 0.885. The number of rotatable bonds is 5. The fourth-order valence-corrected chi connectivity index (χ4v) is 2.13. The predicted octanol–water partition coefficient (Wildman–Crippen LogP) is 2.69. The number of nitrogens with one attached hydrogen (secondary N) is 1. The molecule has 0 aliphatic rings. The van der Waals surface area contributed by atoms with Gasteiger partial charge in [-0.1, -0.05) is 0 Å². The van der Waals surface area contributed by atoms with Crippen LogP contribution in [-0.2, 0) is 9.53 Å². The predicted molar refractivity (Wildman–Crippen MR) is 93.9 cm³/mol. The Balaban J connectivity index is 2.06. The summed E-state index contributed by atoms with van der Waals surface area (Å²) in [5.74, 6) is 0.347. The zero-order chi connectivity index (χ0) is 19.1. The van der Waals surface area contributed by atoms with Gasteiger partial charge in [0.05, 0.1) is 7.11 Å². The molecular weight excluding hydrogens is 336 g/mol. The van der Waals surface area contributed by atoms with Gasteiger partial charge in [-0.2, -0.15) is 5.26 Å². The molecule has 1 aromatic heterocycles. The molecule has 26 heavy (non-hydrogen) atoms. The normalized spacial score (nSPS) is 9.77. The third-order valence-corrected chi connectivity index (χ3v) is 3.45. The minimum atomic E-state index is -0.593. The molecule has 8 nitrogen and oxygen atoms in total. The van der Waals surface area contributed by atoms with Crippen molar-refractivity contribution in [1.82, 2.24) is 9.88 Å². The number of pyridine rings is 1. The van der Waals surface area contributed by atoms with Crippen LogP contribution in [0.4, 0.5) is 10.5 Å². The fraction of sp³-hybridized carbons (Fsp3) is 0.222. The van der Waals surface area contributed by atoms with Crippen molar-refractivity contribution < 1.29 is 19.1 Å². The van der Waals surface area contributed by atoms with Gasteiger partial charge in [0.1, 0.15) is 23.9 Å². The first-order valence-electron chi connectivity index (χ1n) is 7.67. The number of anilines is 1. The van der Waals surface area contributed by atoms with Crippen LogP contribution < -0.4 is 10.1 Å². The number of amides is 2. The van der Waals surface area contributed by atoms with E-state index >= 15 is 0 Å². The van der Waals surface area contributed by atoms with E-state index in [1.807, 2.05) is 6.07 Å². The van der Waals surface area contributed by atoms with Gasteiger partial charge >= 0.3 is 6.09 Å². The van der Waals surface area contributed by atoms with E-state index in [4.69, 9.17) is 10.00 Å². The van der Waals surface area contributed by atoms with Crippen molar-refractivity contribution in [3.63, 3.8) is 0 Å². The van der Waals surface area contributed by atoms with Crippen LogP contribution in [-0.4, -0.2) is 42.6 Å². The summed E-state index contributed by atoms with van der Waals surface area (Å²) < 4.78 is 10.2. The van der Waals surface area contributed by atoms with Crippen LogP contribution in [0, 0.1) is 18.3 Å². The second kappa shape index (κ2) is 8.48. The van der Waals surface area contributed by atoms with Crippen molar-refractivity contribution in [2.24, 2.45) is 0 Å². The Bertz CT molecular complexity index is 861. The lowest BCUT2D eigenvalue weighted by Gasteiger charge is -2.16. The van der Waals surface area contributed by atoms with Gasteiger partial charge in [0.15, 0.2) is 0 Å². The minimum Gasteiger partial charge on any atom is -0.453 e. The fourth-order valence-electron chi connectivity index (χ4n) is 2.13. The van der Waals surface area contributed by atoms with Gasteiger partial charge in [-0.05, 0) is 42.8 Å². The molecular formula is C18H18N4O4. The highest BCUT2D eigenvalue weighted by Crippen LogP contribution is 2.26. The minimum absolute atomic E-state index is 0.135. The molecule has 0 bridgehead atoms. The third-order valence-electron chi connectivity index (χ3n) is 3.45. The van der Waals surface area contributed by atoms with Crippen LogP contribution in [0.25, 0.3) is 0 Å². The number of carbonyl (C=O) groups excluding carboxylic acids is 2. The first kappa shape index (κ1) is 18.7. The summed E-state index contributed by atoms with van der Waals surface area (Å²) >= 11 is 0. The molecule has 1 aromatic carbocycles. The molecule has 1 N–H and O–H groups in total. The van der Waals surface area contributed by atoms with Crippen LogP contribution in [0.3, 0.4) is 0 Å². The Morgan fingerprint density at radius 1 is 1.35 bits per heavy atom. The van der Waals surface area contributed by atoms with E-state index in [-0.39, 0.29) is 18.3 Å². The molecule has 134 valence electrons. The number of carbonyl (C=O) groups is 2. The van der Waals surface area contributed by atoms with Gasteiger partial charge in [0.2, 0.25) is 11.8 Å². The van der Waals surface area contributed by atoms with Crippen molar-refractivity contribution in [2.45, 2.75) is 6.92 Å². The summed E-state index contributed by atoms with van der Waals surface area (Å²) in [5.41, 5.74) is 1.67. The number of benzene rings is 1. The van der Waals surface area contributed by atoms with E-state index in [9.17, 15) is 9.59 Å². The molecule has 0 spiro atoms. The monoisotopic (exact) mass is 354 g/mol. The molecule has 2 aromatic rings. The van der Waals surface area contributed by atoms with Crippen molar-refractivity contribution in [1.29, 1.82) is 5.26 Å². The highest BCUT2D eigenvalue weighted by atomic mass is 16.5. The van der Waals surface area contributed by atoms with E-state index in [0.717, 1.165) is 10.5 Å². The molecule has 8 heteroatoms. The van der Waals surface area contributed by atoms with Crippen LogP contribution in [0.2, 0.25) is 0 Å². The maximum atomic E-state index is 12.0. The molecule has 0 fully saturated rings. The lowest BCUT2D eigenvalue weighted by molar-refractivity contribution is -0.116. The molecule has 0 radical (unpaired) electrons. The number of nitrogens with zero attached hydrogens (tertiary/aromatic N) is 3. The smallest absolute Gasteiger partial charge is 0.409 e. The van der Waals surface area contributed by atoms with E-state index in [1.54, 1.807) is 37.3 Å². The van der Waals surface area contributed by atoms with Gasteiger partial charge < -0.3 is 19.7 Å². The van der Waals surface area contributed by atoms with Crippen molar-refractivity contribution >= 4 is 17.7 Å². The largest absolute Gasteiger partial charge is 0.453 e. The molecule has 0 atom stereocenters. The van der Waals surface area contributed by atoms with E-state index in [0.29, 0.717) is 17.0 Å². The van der Waals surface area contributed by atoms with Crippen LogP contribution in [0.15, 0.2) is 36.5 Å². The Morgan fingerprint density at radius 2 is 2.12 bits per heavy atom. The Morgan fingerprint density at radius 3 is 2.77 bits per heavy atom. The lowest BCUT2D eigenvalue weighted by Crippen LogP contribution is -2.34. The average Bonchev–Trinajstić information content (AvgIpc) is 2.63. The summed E-state index contributed by atoms with van der Waals surface area (Å²) in [6.07, 6.45) is 0.944. The Labute approximate surface area is 151 Å². The first-order valence-corrected chi connectivity index (χ1v) is 7.67. The van der Waals surface area contributed by atoms with Crippen LogP contribution >= 0.6 is 0 Å². The third kappa shape index (κ3) is 4.70. The lowest BCUT2D eigenvalue weighted by atomic mass is 10.2. The molecule has 2 amide bonds. The molecule has 0 aliphatic heterocycles. The maximum Gasteiger partial charge on any atom is 0.409 e. The zero-order valence-corrected chi connectivity index (χ0v) is 14.6.